The number of aliphatic hydroxyl groups excluding tert-OH is 1. The standard InChI is InChI=1S/C19H38O2/c1-2-3-4-5-6-7-8-9-10-11-12-13-14-15-19-18(20)16-17-21-19/h18-20H,2-17H2,1H3/t18-,19-/m0/s1. The predicted octanol–water partition coefficient (Wildman–Crippen LogP) is 5.62. The van der Waals surface area contributed by atoms with Crippen molar-refractivity contribution in [2.45, 2.75) is 115 Å². The highest BCUT2D eigenvalue weighted by molar-refractivity contribution is 4.74. The zero-order valence-electron chi connectivity index (χ0n) is 14.3. The van der Waals surface area contributed by atoms with Crippen LogP contribution in [0, 0.1) is 0 Å². The van der Waals surface area contributed by atoms with Crippen molar-refractivity contribution in [3.63, 3.8) is 0 Å². The Kier molecular flexibility index (Phi) is 12.3. The third-order valence-corrected chi connectivity index (χ3v) is 4.77. The predicted molar refractivity (Wildman–Crippen MR) is 90.7 cm³/mol. The van der Waals surface area contributed by atoms with Gasteiger partial charge in [0.1, 0.15) is 0 Å². The molecule has 126 valence electrons. The molecule has 1 fully saturated rings. The van der Waals surface area contributed by atoms with Gasteiger partial charge in [-0.1, -0.05) is 90.4 Å². The van der Waals surface area contributed by atoms with E-state index in [4.69, 9.17) is 4.74 Å². The van der Waals surface area contributed by atoms with Crippen molar-refractivity contribution in [1.29, 1.82) is 0 Å². The lowest BCUT2D eigenvalue weighted by Crippen LogP contribution is -2.20. The molecule has 1 aliphatic rings. The molecule has 2 heteroatoms. The van der Waals surface area contributed by atoms with E-state index < -0.39 is 0 Å². The zero-order chi connectivity index (χ0) is 15.2. The maximum absolute atomic E-state index is 9.66. The summed E-state index contributed by atoms with van der Waals surface area (Å²) in [5.74, 6) is 0. The van der Waals surface area contributed by atoms with Crippen LogP contribution in [0.15, 0.2) is 0 Å². The highest BCUT2D eigenvalue weighted by atomic mass is 16.5. The Labute approximate surface area is 132 Å². The smallest absolute Gasteiger partial charge is 0.0834 e. The highest BCUT2D eigenvalue weighted by Crippen LogP contribution is 2.20. The van der Waals surface area contributed by atoms with E-state index in [-0.39, 0.29) is 12.2 Å². The van der Waals surface area contributed by atoms with E-state index in [1.807, 2.05) is 0 Å². The average molecular weight is 299 g/mol. The van der Waals surface area contributed by atoms with E-state index in [9.17, 15) is 5.11 Å². The summed E-state index contributed by atoms with van der Waals surface area (Å²) >= 11 is 0. The molecule has 1 N–H and O–H groups in total. The minimum Gasteiger partial charge on any atom is -0.390 e. The van der Waals surface area contributed by atoms with Crippen LogP contribution in [0.5, 0.6) is 0 Å². The van der Waals surface area contributed by atoms with Gasteiger partial charge in [0.25, 0.3) is 0 Å². The first-order valence-corrected chi connectivity index (χ1v) is 9.64. The van der Waals surface area contributed by atoms with Crippen LogP contribution in [0.1, 0.15) is 103 Å². The van der Waals surface area contributed by atoms with Gasteiger partial charge in [0.05, 0.1) is 12.2 Å². The first-order valence-electron chi connectivity index (χ1n) is 9.64. The maximum atomic E-state index is 9.66. The van der Waals surface area contributed by atoms with Gasteiger partial charge >= 0.3 is 0 Å². The molecule has 0 bridgehead atoms. The molecule has 0 aliphatic carbocycles. The molecule has 0 aromatic heterocycles. The van der Waals surface area contributed by atoms with Crippen LogP contribution in [0.4, 0.5) is 0 Å². The van der Waals surface area contributed by atoms with Crippen molar-refractivity contribution in [2.75, 3.05) is 6.61 Å². The summed E-state index contributed by atoms with van der Waals surface area (Å²) in [4.78, 5) is 0. The molecule has 0 aromatic carbocycles. The molecule has 1 rings (SSSR count). The Morgan fingerprint density at radius 2 is 1.24 bits per heavy atom. The average Bonchev–Trinajstić information content (AvgIpc) is 2.89. The summed E-state index contributed by atoms with van der Waals surface area (Å²) in [6.45, 7) is 3.03. The Hall–Kier alpha value is -0.0800. The van der Waals surface area contributed by atoms with Crippen molar-refractivity contribution >= 4 is 0 Å². The molecule has 0 amide bonds. The third kappa shape index (κ3) is 10.3. The number of aliphatic hydroxyl groups is 1. The van der Waals surface area contributed by atoms with Crippen LogP contribution in [-0.2, 0) is 4.74 Å². The molecule has 0 radical (unpaired) electrons. The fourth-order valence-corrected chi connectivity index (χ4v) is 3.28. The van der Waals surface area contributed by atoms with Gasteiger partial charge in [-0.3, -0.25) is 0 Å². The molecule has 0 spiro atoms. The van der Waals surface area contributed by atoms with Crippen LogP contribution in [0.25, 0.3) is 0 Å². The maximum Gasteiger partial charge on any atom is 0.0834 e. The van der Waals surface area contributed by atoms with Crippen molar-refractivity contribution in [3.05, 3.63) is 0 Å². The lowest BCUT2D eigenvalue weighted by atomic mass is 10.0. The van der Waals surface area contributed by atoms with Crippen LogP contribution >= 0.6 is 0 Å². The number of hydrogen-bond donors (Lipinski definition) is 1. The van der Waals surface area contributed by atoms with E-state index in [0.29, 0.717) is 0 Å². The summed E-state index contributed by atoms with van der Waals surface area (Å²) < 4.78 is 5.52. The largest absolute Gasteiger partial charge is 0.390 e. The van der Waals surface area contributed by atoms with E-state index in [1.54, 1.807) is 0 Å². The highest BCUT2D eigenvalue weighted by Gasteiger charge is 2.24. The number of hydrogen-bond acceptors (Lipinski definition) is 2. The Morgan fingerprint density at radius 1 is 0.762 bits per heavy atom. The summed E-state index contributed by atoms with van der Waals surface area (Å²) in [6, 6.07) is 0. The molecule has 1 saturated heterocycles. The number of rotatable bonds is 14. The summed E-state index contributed by atoms with van der Waals surface area (Å²) in [7, 11) is 0. The normalized spacial score (nSPS) is 22.0. The molecular formula is C19H38O2. The van der Waals surface area contributed by atoms with Crippen molar-refractivity contribution in [3.8, 4) is 0 Å². The van der Waals surface area contributed by atoms with Gasteiger partial charge in [-0.2, -0.15) is 0 Å². The molecule has 0 unspecified atom stereocenters. The molecule has 1 heterocycles. The van der Waals surface area contributed by atoms with Crippen molar-refractivity contribution in [2.24, 2.45) is 0 Å². The topological polar surface area (TPSA) is 29.5 Å². The van der Waals surface area contributed by atoms with E-state index >= 15 is 0 Å². The van der Waals surface area contributed by atoms with Gasteiger partial charge in [-0.05, 0) is 12.8 Å². The minimum absolute atomic E-state index is 0.137. The molecule has 21 heavy (non-hydrogen) atoms. The van der Waals surface area contributed by atoms with Crippen LogP contribution in [0.3, 0.4) is 0 Å². The van der Waals surface area contributed by atoms with E-state index in [1.165, 1.54) is 83.5 Å². The minimum atomic E-state index is -0.192. The van der Waals surface area contributed by atoms with Gasteiger partial charge < -0.3 is 9.84 Å². The molecular weight excluding hydrogens is 260 g/mol. The molecule has 2 atom stereocenters. The lowest BCUT2D eigenvalue weighted by molar-refractivity contribution is 0.0352. The van der Waals surface area contributed by atoms with Crippen molar-refractivity contribution < 1.29 is 9.84 Å². The van der Waals surface area contributed by atoms with Gasteiger partial charge in [0.2, 0.25) is 0 Å². The van der Waals surface area contributed by atoms with Gasteiger partial charge in [-0.15, -0.1) is 0 Å². The molecule has 2 nitrogen and oxygen atoms in total. The lowest BCUT2D eigenvalue weighted by Gasteiger charge is -2.12. The molecule has 1 aliphatic heterocycles. The quantitative estimate of drug-likeness (QED) is 0.422. The summed E-state index contributed by atoms with van der Waals surface area (Å²) in [5.41, 5.74) is 0. The fourth-order valence-electron chi connectivity index (χ4n) is 3.28. The Balaban J connectivity index is 1.71. The second kappa shape index (κ2) is 13.6. The van der Waals surface area contributed by atoms with Gasteiger partial charge in [-0.25, -0.2) is 0 Å². The van der Waals surface area contributed by atoms with E-state index in [2.05, 4.69) is 6.92 Å². The molecule has 0 saturated carbocycles. The first-order chi connectivity index (χ1) is 10.3. The fraction of sp³-hybridized carbons (Fsp3) is 1.00. The van der Waals surface area contributed by atoms with Crippen LogP contribution in [0.2, 0.25) is 0 Å². The zero-order valence-corrected chi connectivity index (χ0v) is 14.3. The first kappa shape index (κ1) is 19.0. The number of unbranched alkanes of at least 4 members (excludes halogenated alkanes) is 12. The number of ether oxygens (including phenoxy) is 1. The van der Waals surface area contributed by atoms with Gasteiger partial charge in [0.15, 0.2) is 0 Å². The Morgan fingerprint density at radius 3 is 1.67 bits per heavy atom. The molecule has 0 aromatic rings. The second-order valence-corrected chi connectivity index (χ2v) is 6.80. The third-order valence-electron chi connectivity index (χ3n) is 4.77. The van der Waals surface area contributed by atoms with Gasteiger partial charge in [0, 0.05) is 6.61 Å². The summed E-state index contributed by atoms with van der Waals surface area (Å²) in [6.07, 6.45) is 20.0. The SMILES string of the molecule is CCCCCCCCCCCCCCC[C@@H]1OCC[C@@H]1O. The van der Waals surface area contributed by atoms with Crippen LogP contribution in [-0.4, -0.2) is 23.9 Å². The van der Waals surface area contributed by atoms with Crippen LogP contribution < -0.4 is 0 Å². The van der Waals surface area contributed by atoms with E-state index in [0.717, 1.165) is 19.4 Å². The Bertz CT molecular complexity index is 218. The van der Waals surface area contributed by atoms with Crippen molar-refractivity contribution in [1.82, 2.24) is 0 Å². The second-order valence-electron chi connectivity index (χ2n) is 6.80. The monoisotopic (exact) mass is 298 g/mol. The summed E-state index contributed by atoms with van der Waals surface area (Å²) in [5, 5.41) is 9.66.